The van der Waals surface area contributed by atoms with E-state index in [9.17, 15) is 10.1 Å². The highest BCUT2D eigenvalue weighted by atomic mass is 16.5. The molecule has 0 saturated carbocycles. The predicted octanol–water partition coefficient (Wildman–Crippen LogP) is 1.67. The molecule has 0 unspecified atom stereocenters. The van der Waals surface area contributed by atoms with Gasteiger partial charge in [-0.25, -0.2) is 9.36 Å². The van der Waals surface area contributed by atoms with E-state index in [1.165, 1.54) is 18.8 Å². The van der Waals surface area contributed by atoms with Gasteiger partial charge in [-0.15, -0.1) is 0 Å². The molecular formula is C24H18N4O5. The van der Waals surface area contributed by atoms with Gasteiger partial charge in [0.25, 0.3) is 6.01 Å². The minimum Gasteiger partial charge on any atom is -0.496 e. The monoisotopic (exact) mass is 442 g/mol. The van der Waals surface area contributed by atoms with Crippen molar-refractivity contribution < 1.29 is 18.3 Å². The van der Waals surface area contributed by atoms with Crippen LogP contribution in [0.3, 0.4) is 0 Å². The number of nitrogens with two attached hydrogens (primary N) is 1. The van der Waals surface area contributed by atoms with Gasteiger partial charge in [-0.05, 0) is 18.2 Å². The van der Waals surface area contributed by atoms with E-state index in [-0.39, 0.29) is 28.4 Å². The van der Waals surface area contributed by atoms with Gasteiger partial charge in [0.1, 0.15) is 34.2 Å². The Bertz CT molecular complexity index is 1600. The van der Waals surface area contributed by atoms with E-state index in [0.717, 1.165) is 0 Å². The molecule has 5 rings (SSSR count). The maximum Gasteiger partial charge on any atom is 0.362 e. The molecule has 3 heterocycles. The van der Waals surface area contributed by atoms with Crippen molar-refractivity contribution in [1.82, 2.24) is 9.55 Å². The molecule has 2 aromatic carbocycles. The first kappa shape index (κ1) is 20.2. The average molecular weight is 442 g/mol. The van der Waals surface area contributed by atoms with Crippen LogP contribution in [0, 0.1) is 11.3 Å². The Morgan fingerprint density at radius 1 is 1.09 bits per heavy atom. The highest BCUT2D eigenvalue weighted by molar-refractivity contribution is 5.74. The zero-order chi connectivity index (χ0) is 23.1. The van der Waals surface area contributed by atoms with Gasteiger partial charge in [0.05, 0.1) is 20.1 Å². The van der Waals surface area contributed by atoms with E-state index in [1.807, 2.05) is 30.3 Å². The smallest absolute Gasteiger partial charge is 0.362 e. The van der Waals surface area contributed by atoms with Crippen molar-refractivity contribution in [3.05, 3.63) is 86.7 Å². The number of benzene rings is 2. The molecule has 9 heteroatoms. The number of hydrogen-bond donors (Lipinski definition) is 1. The predicted molar refractivity (Wildman–Crippen MR) is 118 cm³/mol. The molecule has 0 fully saturated rings. The number of oxazole rings is 2. The minimum atomic E-state index is -0.702. The molecule has 4 aromatic rings. The molecule has 0 bridgehead atoms. The second-order valence-electron chi connectivity index (χ2n) is 7.24. The standard InChI is InChI=1S/C24H18N4O5/c1-30-17-9-5-3-7-13(17)11-16-23(29)32-21-15(12-25)19(14-8-4-6-10-18(14)31-2)20-22(28(16)21)33-24(26)27-20/h3-11,19H,1-2H3,(H2,26,27)/b16-11-/t19-/m0/s1. The third-order valence-corrected chi connectivity index (χ3v) is 5.49. The highest BCUT2D eigenvalue weighted by Gasteiger charge is 2.37. The summed E-state index contributed by atoms with van der Waals surface area (Å²) in [6, 6.07) is 16.5. The molecule has 1 aliphatic heterocycles. The second-order valence-corrected chi connectivity index (χ2v) is 7.24. The van der Waals surface area contributed by atoms with E-state index in [0.29, 0.717) is 28.3 Å². The fraction of sp³-hybridized carbons (Fsp3) is 0.125. The molecule has 2 N–H and O–H groups in total. The first-order valence-electron chi connectivity index (χ1n) is 9.97. The van der Waals surface area contributed by atoms with Crippen LogP contribution in [0.2, 0.25) is 0 Å². The van der Waals surface area contributed by atoms with E-state index in [2.05, 4.69) is 11.1 Å². The largest absolute Gasteiger partial charge is 0.496 e. The minimum absolute atomic E-state index is 0.0446. The quantitative estimate of drug-likeness (QED) is 0.505. The van der Waals surface area contributed by atoms with Crippen LogP contribution in [0.25, 0.3) is 17.5 Å². The topological polar surface area (TPSA) is 129 Å². The van der Waals surface area contributed by atoms with Crippen LogP contribution in [0.5, 0.6) is 11.5 Å². The molecule has 9 nitrogen and oxygen atoms in total. The molecule has 0 amide bonds. The number of nitrogens with zero attached hydrogens (tertiary/aromatic N) is 3. The van der Waals surface area contributed by atoms with Crippen molar-refractivity contribution in [2.75, 3.05) is 20.0 Å². The third kappa shape index (κ3) is 3.08. The molecule has 1 atom stereocenters. The fourth-order valence-corrected chi connectivity index (χ4v) is 4.09. The third-order valence-electron chi connectivity index (χ3n) is 5.49. The fourth-order valence-electron chi connectivity index (χ4n) is 4.09. The number of ether oxygens (including phenoxy) is 2. The maximum atomic E-state index is 13.0. The van der Waals surface area contributed by atoms with Crippen LogP contribution >= 0.6 is 0 Å². The molecular weight excluding hydrogens is 424 g/mol. The summed E-state index contributed by atoms with van der Waals surface area (Å²) in [4.78, 5) is 17.3. The van der Waals surface area contributed by atoms with Gasteiger partial charge >= 0.3 is 5.63 Å². The molecule has 0 radical (unpaired) electrons. The van der Waals surface area contributed by atoms with Gasteiger partial charge in [-0.3, -0.25) is 0 Å². The van der Waals surface area contributed by atoms with Crippen molar-refractivity contribution in [2.24, 2.45) is 0 Å². The van der Waals surface area contributed by atoms with E-state index in [4.69, 9.17) is 24.0 Å². The molecule has 164 valence electrons. The van der Waals surface area contributed by atoms with E-state index < -0.39 is 11.5 Å². The van der Waals surface area contributed by atoms with Gasteiger partial charge in [0.15, 0.2) is 0 Å². The molecule has 0 saturated heterocycles. The molecule has 0 spiro atoms. The molecule has 33 heavy (non-hydrogen) atoms. The number of nitriles is 1. The van der Waals surface area contributed by atoms with Gasteiger partial charge in [-0.1, -0.05) is 36.4 Å². The number of fused-ring (bicyclic) bond motifs is 3. The van der Waals surface area contributed by atoms with Crippen LogP contribution in [-0.2, 0) is 0 Å². The first-order chi connectivity index (χ1) is 16.1. The number of rotatable bonds is 4. The average Bonchev–Trinajstić information content (AvgIpc) is 3.37. The summed E-state index contributed by atoms with van der Waals surface area (Å²) in [6.45, 7) is 0. The zero-order valence-corrected chi connectivity index (χ0v) is 17.7. The summed E-state index contributed by atoms with van der Waals surface area (Å²) in [5, 5.41) is 10.3. The summed E-state index contributed by atoms with van der Waals surface area (Å²) < 4.78 is 23.6. The lowest BCUT2D eigenvalue weighted by Crippen LogP contribution is -2.35. The van der Waals surface area contributed by atoms with Gasteiger partial charge in [0, 0.05) is 11.1 Å². The van der Waals surface area contributed by atoms with Gasteiger partial charge in [-0.2, -0.15) is 10.2 Å². The highest BCUT2D eigenvalue weighted by Crippen LogP contribution is 2.41. The van der Waals surface area contributed by atoms with Gasteiger partial charge in [0.2, 0.25) is 11.4 Å². The van der Waals surface area contributed by atoms with Crippen LogP contribution in [-0.4, -0.2) is 23.8 Å². The maximum absolute atomic E-state index is 13.0. The number of anilines is 1. The van der Waals surface area contributed by atoms with Crippen LogP contribution in [0.1, 0.15) is 22.7 Å². The summed E-state index contributed by atoms with van der Waals surface area (Å²) >= 11 is 0. The Kier molecular flexibility index (Phi) is 4.75. The molecule has 0 aliphatic carbocycles. The Labute approximate surface area is 187 Å². The van der Waals surface area contributed by atoms with Crippen molar-refractivity contribution in [3.63, 3.8) is 0 Å². The summed E-state index contributed by atoms with van der Waals surface area (Å²) in [6.07, 6.45) is 1.61. The summed E-state index contributed by atoms with van der Waals surface area (Å²) in [7, 11) is 3.08. The zero-order valence-electron chi connectivity index (χ0n) is 17.7. The summed E-state index contributed by atoms with van der Waals surface area (Å²) in [5.74, 6) is 0.610. The first-order valence-corrected chi connectivity index (χ1v) is 9.97. The Balaban J connectivity index is 1.90. The number of hydrogen-bond acceptors (Lipinski definition) is 8. The Morgan fingerprint density at radius 3 is 2.52 bits per heavy atom. The lowest BCUT2D eigenvalue weighted by Gasteiger charge is -2.20. The van der Waals surface area contributed by atoms with Crippen molar-refractivity contribution in [1.29, 1.82) is 5.26 Å². The lowest BCUT2D eigenvalue weighted by atomic mass is 9.87. The van der Waals surface area contributed by atoms with Crippen LogP contribution in [0.15, 0.2) is 62.2 Å². The molecule has 2 aromatic heterocycles. The van der Waals surface area contributed by atoms with Crippen molar-refractivity contribution in [2.45, 2.75) is 5.92 Å². The van der Waals surface area contributed by atoms with E-state index in [1.54, 1.807) is 24.3 Å². The molecule has 1 aliphatic rings. The number of nitrogen functional groups attached to an aromatic ring is 1. The number of para-hydroxylation sites is 2. The van der Waals surface area contributed by atoms with Crippen LogP contribution in [0.4, 0.5) is 6.01 Å². The van der Waals surface area contributed by atoms with Crippen molar-refractivity contribution in [3.8, 4) is 23.5 Å². The number of methoxy groups -OCH3 is 2. The number of aromatic nitrogens is 2. The lowest BCUT2D eigenvalue weighted by molar-refractivity contribution is 0.408. The second kappa shape index (κ2) is 7.76. The van der Waals surface area contributed by atoms with E-state index >= 15 is 0 Å². The SMILES string of the molecule is COc1ccccc1/C=c1/c(=O)oc2n1-c1oc(N)nc1[C@@H](c1ccccc1OC)C=2C#N. The summed E-state index contributed by atoms with van der Waals surface area (Å²) in [5.41, 5.74) is 7.18. The normalized spacial score (nSPS) is 15.0. The van der Waals surface area contributed by atoms with Gasteiger partial charge < -0.3 is 24.0 Å². The van der Waals surface area contributed by atoms with Crippen molar-refractivity contribution >= 4 is 17.7 Å². The Morgan fingerprint density at radius 2 is 1.79 bits per heavy atom. The Hall–Kier alpha value is -4.71. The van der Waals surface area contributed by atoms with Crippen LogP contribution < -0.4 is 31.7 Å².